The van der Waals surface area contributed by atoms with Crippen molar-refractivity contribution in [2.45, 2.75) is 25.8 Å². The minimum absolute atomic E-state index is 0.165. The van der Waals surface area contributed by atoms with Crippen LogP contribution in [0.15, 0.2) is 16.7 Å². The number of nitrogens with one attached hydrogen (secondary N) is 3. The van der Waals surface area contributed by atoms with Crippen molar-refractivity contribution in [1.82, 2.24) is 20.7 Å². The van der Waals surface area contributed by atoms with Gasteiger partial charge in [-0.2, -0.15) is 5.01 Å². The third kappa shape index (κ3) is 3.52. The van der Waals surface area contributed by atoms with Gasteiger partial charge in [0, 0.05) is 10.7 Å². The van der Waals surface area contributed by atoms with Gasteiger partial charge in [-0.05, 0) is 35.3 Å². The Morgan fingerprint density at radius 1 is 1.43 bits per heavy atom. The predicted molar refractivity (Wildman–Crippen MR) is 81.0 cm³/mol. The second-order valence-electron chi connectivity index (χ2n) is 5.10. The summed E-state index contributed by atoms with van der Waals surface area (Å²) in [6.07, 6.45) is 1.91. The molecule has 0 saturated carbocycles. The highest BCUT2D eigenvalue weighted by Crippen LogP contribution is 2.19. The molecular formula is C13H15BrN4O5. The number of carbonyl (C=O) groups excluding carboxylic acids is 4. The summed E-state index contributed by atoms with van der Waals surface area (Å²) < 4.78 is 5.45. The first-order valence-electron chi connectivity index (χ1n) is 6.74. The van der Waals surface area contributed by atoms with E-state index in [2.05, 4.69) is 31.7 Å². The first-order valence-corrected chi connectivity index (χ1v) is 7.53. The lowest BCUT2D eigenvalue weighted by molar-refractivity contribution is -0.139. The molecule has 1 saturated heterocycles. The zero-order valence-corrected chi connectivity index (χ0v) is 14.0. The van der Waals surface area contributed by atoms with Crippen molar-refractivity contribution in [2.75, 3.05) is 6.61 Å². The molecule has 3 N–H and O–H groups in total. The number of rotatable bonds is 5. The number of nitrogens with zero attached hydrogens (tertiary/aromatic N) is 1. The van der Waals surface area contributed by atoms with Gasteiger partial charge in [0.25, 0.3) is 11.8 Å². The van der Waals surface area contributed by atoms with Crippen molar-refractivity contribution in [3.8, 4) is 0 Å². The van der Waals surface area contributed by atoms with Gasteiger partial charge in [-0.25, -0.2) is 9.59 Å². The molecule has 1 aliphatic heterocycles. The number of urea groups is 1. The van der Waals surface area contributed by atoms with E-state index >= 15 is 0 Å². The highest BCUT2D eigenvalue weighted by molar-refractivity contribution is 9.10. The van der Waals surface area contributed by atoms with Gasteiger partial charge in [0.2, 0.25) is 0 Å². The fourth-order valence-electron chi connectivity index (χ4n) is 1.88. The molecule has 0 aromatic carbocycles. The predicted octanol–water partition coefficient (Wildman–Crippen LogP) is 0.686. The van der Waals surface area contributed by atoms with E-state index in [1.165, 1.54) is 12.3 Å². The van der Waals surface area contributed by atoms with Crippen LogP contribution in [0.3, 0.4) is 0 Å². The molecule has 23 heavy (non-hydrogen) atoms. The minimum atomic E-state index is -1.06. The number of halogens is 1. The Balaban J connectivity index is 1.89. The zero-order valence-electron chi connectivity index (χ0n) is 12.4. The Bertz CT molecular complexity index is 673. The molecule has 10 heteroatoms. The molecule has 1 aromatic rings. The molecule has 2 heterocycles. The molecule has 0 aliphatic carbocycles. The number of ether oxygens (including phenoxy) is 1. The molecule has 1 atom stereocenters. The third-order valence-corrected chi connectivity index (χ3v) is 3.86. The Morgan fingerprint density at radius 3 is 2.65 bits per heavy atom. The quantitative estimate of drug-likeness (QED) is 0.507. The van der Waals surface area contributed by atoms with Crippen LogP contribution in [0.1, 0.15) is 30.8 Å². The van der Waals surface area contributed by atoms with Crippen LogP contribution in [-0.4, -0.2) is 46.0 Å². The van der Waals surface area contributed by atoms with Crippen LogP contribution in [-0.2, 0) is 14.3 Å². The van der Waals surface area contributed by atoms with Gasteiger partial charge in [-0.15, -0.1) is 0 Å². The van der Waals surface area contributed by atoms with Crippen molar-refractivity contribution in [3.05, 3.63) is 22.4 Å². The lowest BCUT2D eigenvalue weighted by atomic mass is 10.00. The lowest BCUT2D eigenvalue weighted by Crippen LogP contribution is -2.49. The lowest BCUT2D eigenvalue weighted by Gasteiger charge is -2.19. The zero-order chi connectivity index (χ0) is 17.2. The maximum absolute atomic E-state index is 12.1. The molecule has 124 valence electrons. The van der Waals surface area contributed by atoms with Crippen LogP contribution in [0.4, 0.5) is 4.79 Å². The second kappa shape index (κ2) is 6.41. The molecule has 1 aliphatic rings. The van der Waals surface area contributed by atoms with Crippen LogP contribution in [0.2, 0.25) is 0 Å². The maximum atomic E-state index is 12.1. The molecule has 2 rings (SSSR count). The average molecular weight is 387 g/mol. The highest BCUT2D eigenvalue weighted by Gasteiger charge is 2.47. The van der Waals surface area contributed by atoms with Crippen LogP contribution in [0.5, 0.6) is 0 Å². The van der Waals surface area contributed by atoms with Gasteiger partial charge >= 0.3 is 12.0 Å². The van der Waals surface area contributed by atoms with E-state index in [-0.39, 0.29) is 5.69 Å². The van der Waals surface area contributed by atoms with Crippen LogP contribution in [0, 0.1) is 0 Å². The SMILES string of the molecule is CCC1(C)NC(=O)N(NC(=O)COC(=O)c2cc(Br)c[nH]2)C1=O. The standard InChI is InChI=1S/C13H15BrN4O5/c1-3-13(2)11(21)18(12(22)16-13)17-9(19)6-23-10(20)8-4-7(14)5-15-8/h4-5,15H,3,6H2,1-2H3,(H,16,22)(H,17,19). The van der Waals surface area contributed by atoms with Crippen molar-refractivity contribution in [3.63, 3.8) is 0 Å². The summed E-state index contributed by atoms with van der Waals surface area (Å²) in [5.74, 6) is -2.10. The average Bonchev–Trinajstić information content (AvgIpc) is 3.03. The first-order chi connectivity index (χ1) is 10.8. The monoisotopic (exact) mass is 386 g/mol. The summed E-state index contributed by atoms with van der Waals surface area (Å²) in [6.45, 7) is 2.66. The normalized spacial score (nSPS) is 20.4. The summed E-state index contributed by atoms with van der Waals surface area (Å²) in [7, 11) is 0. The van der Waals surface area contributed by atoms with E-state index < -0.39 is 36.0 Å². The van der Waals surface area contributed by atoms with E-state index in [1.807, 2.05) is 0 Å². The Morgan fingerprint density at radius 2 is 2.13 bits per heavy atom. The van der Waals surface area contributed by atoms with Gasteiger partial charge in [-0.3, -0.25) is 15.0 Å². The number of imide groups is 1. The number of aromatic amines is 1. The number of hydrogen-bond acceptors (Lipinski definition) is 5. The van der Waals surface area contributed by atoms with Crippen LogP contribution in [0.25, 0.3) is 0 Å². The van der Waals surface area contributed by atoms with Crippen LogP contribution < -0.4 is 10.7 Å². The van der Waals surface area contributed by atoms with E-state index in [4.69, 9.17) is 4.74 Å². The molecule has 0 radical (unpaired) electrons. The van der Waals surface area contributed by atoms with Crippen molar-refractivity contribution >= 4 is 39.7 Å². The van der Waals surface area contributed by atoms with Crippen molar-refractivity contribution in [2.24, 2.45) is 0 Å². The highest BCUT2D eigenvalue weighted by atomic mass is 79.9. The molecule has 1 aromatic heterocycles. The number of esters is 1. The number of H-pyrrole nitrogens is 1. The van der Waals surface area contributed by atoms with Crippen molar-refractivity contribution in [1.29, 1.82) is 0 Å². The van der Waals surface area contributed by atoms with Crippen LogP contribution >= 0.6 is 15.9 Å². The summed E-state index contributed by atoms with van der Waals surface area (Å²) in [6, 6.07) is 0.761. The number of carbonyl (C=O) groups is 4. The van der Waals surface area contributed by atoms with Gasteiger partial charge < -0.3 is 15.0 Å². The molecule has 0 bridgehead atoms. The molecule has 1 unspecified atom stereocenters. The molecule has 0 spiro atoms. The maximum Gasteiger partial charge on any atom is 0.355 e. The summed E-state index contributed by atoms with van der Waals surface area (Å²) in [5.41, 5.74) is 1.22. The molecule has 9 nitrogen and oxygen atoms in total. The smallest absolute Gasteiger partial charge is 0.355 e. The summed E-state index contributed by atoms with van der Waals surface area (Å²) in [5, 5.41) is 3.07. The topological polar surface area (TPSA) is 121 Å². The number of amides is 4. The van der Waals surface area contributed by atoms with Gasteiger partial charge in [0.1, 0.15) is 11.2 Å². The second-order valence-corrected chi connectivity index (χ2v) is 6.01. The fraction of sp³-hybridized carbons (Fsp3) is 0.385. The van der Waals surface area contributed by atoms with Gasteiger partial charge in [0.05, 0.1) is 0 Å². The Hall–Kier alpha value is -2.36. The number of hydrogen-bond donors (Lipinski definition) is 3. The first kappa shape index (κ1) is 17.0. The molecule has 1 fully saturated rings. The summed E-state index contributed by atoms with van der Waals surface area (Å²) in [4.78, 5) is 49.9. The largest absolute Gasteiger partial charge is 0.451 e. The number of hydrazine groups is 1. The number of aromatic nitrogens is 1. The fourth-order valence-corrected chi connectivity index (χ4v) is 2.22. The van der Waals surface area contributed by atoms with E-state index in [9.17, 15) is 19.2 Å². The van der Waals surface area contributed by atoms with Crippen molar-refractivity contribution < 1.29 is 23.9 Å². The van der Waals surface area contributed by atoms with Gasteiger partial charge in [-0.1, -0.05) is 6.92 Å². The third-order valence-electron chi connectivity index (χ3n) is 3.41. The van der Waals surface area contributed by atoms with E-state index in [0.717, 1.165) is 0 Å². The minimum Gasteiger partial charge on any atom is -0.451 e. The molecule has 4 amide bonds. The summed E-state index contributed by atoms with van der Waals surface area (Å²) >= 11 is 3.16. The molecular weight excluding hydrogens is 372 g/mol. The Labute approximate surface area is 139 Å². The van der Waals surface area contributed by atoms with E-state index in [1.54, 1.807) is 13.8 Å². The van der Waals surface area contributed by atoms with E-state index in [0.29, 0.717) is 15.9 Å². The Kier molecular flexibility index (Phi) is 4.73. The van der Waals surface area contributed by atoms with Gasteiger partial charge in [0.15, 0.2) is 6.61 Å².